The molecule has 2 aliphatic heterocycles. The molecule has 0 radical (unpaired) electrons. The Kier molecular flexibility index (Phi) is 5.32. The third kappa shape index (κ3) is 3.29. The maximum Gasteiger partial charge on any atom is 0.169 e. The summed E-state index contributed by atoms with van der Waals surface area (Å²) >= 11 is 1.17. The van der Waals surface area contributed by atoms with Gasteiger partial charge in [-0.15, -0.1) is 11.8 Å². The van der Waals surface area contributed by atoms with Gasteiger partial charge in [-0.1, -0.05) is 31.2 Å². The van der Waals surface area contributed by atoms with E-state index in [0.717, 1.165) is 34.0 Å². The van der Waals surface area contributed by atoms with Crippen LogP contribution in [0.5, 0.6) is 0 Å². The van der Waals surface area contributed by atoms with Crippen LogP contribution >= 0.6 is 11.8 Å². The van der Waals surface area contributed by atoms with Crippen molar-refractivity contribution in [3.8, 4) is 0 Å². The van der Waals surface area contributed by atoms with Crippen LogP contribution < -0.4 is 0 Å². The van der Waals surface area contributed by atoms with E-state index in [1.165, 1.54) is 17.3 Å². The van der Waals surface area contributed by atoms with Crippen LogP contribution in [-0.2, 0) is 29.2 Å². The van der Waals surface area contributed by atoms with E-state index < -0.39 is 28.5 Å². The van der Waals surface area contributed by atoms with Crippen LogP contribution in [0.3, 0.4) is 0 Å². The summed E-state index contributed by atoms with van der Waals surface area (Å²) in [6, 6.07) is 12.4. The van der Waals surface area contributed by atoms with Gasteiger partial charge in [0.05, 0.1) is 42.8 Å². The lowest BCUT2D eigenvalue weighted by atomic mass is 9.92. The second-order valence-electron chi connectivity index (χ2n) is 8.26. The lowest BCUT2D eigenvalue weighted by molar-refractivity contribution is -0.147. The fourth-order valence-corrected chi connectivity index (χ4v) is 6.09. The zero-order valence-electron chi connectivity index (χ0n) is 17.2. The molecule has 1 saturated heterocycles. The Labute approximate surface area is 184 Å². The Bertz CT molecular complexity index is 1100. The number of aromatic nitrogens is 2. The van der Waals surface area contributed by atoms with E-state index in [1.807, 2.05) is 23.0 Å². The number of aliphatic hydroxyl groups is 4. The van der Waals surface area contributed by atoms with Crippen LogP contribution in [0.25, 0.3) is 10.9 Å². The lowest BCUT2D eigenvalue weighted by Gasteiger charge is -2.45. The van der Waals surface area contributed by atoms with Gasteiger partial charge in [0.25, 0.3) is 0 Å². The molecule has 2 aliphatic rings. The Morgan fingerprint density at radius 2 is 1.87 bits per heavy atom. The largest absolute Gasteiger partial charge is 0.395 e. The predicted octanol–water partition coefficient (Wildman–Crippen LogP) is 1.52. The van der Waals surface area contributed by atoms with Crippen LogP contribution in [-0.4, -0.2) is 60.4 Å². The van der Waals surface area contributed by atoms with Crippen molar-refractivity contribution in [3.05, 3.63) is 64.8 Å². The number of nitrogens with zero attached hydrogens (tertiary/aromatic N) is 2. The first-order valence-corrected chi connectivity index (χ1v) is 11.4. The van der Waals surface area contributed by atoms with Crippen LogP contribution in [0.1, 0.15) is 29.2 Å². The first-order chi connectivity index (χ1) is 15.0. The normalized spacial score (nSPS) is 30.2. The number of aryl methyl sites for hydroxylation is 1. The van der Waals surface area contributed by atoms with Crippen molar-refractivity contribution in [3.63, 3.8) is 0 Å². The average Bonchev–Trinajstić information content (AvgIpc) is 3.35. The maximum atomic E-state index is 10.9. The molecule has 0 bridgehead atoms. The van der Waals surface area contributed by atoms with Gasteiger partial charge < -0.3 is 25.2 Å². The van der Waals surface area contributed by atoms with Crippen molar-refractivity contribution in [1.82, 2.24) is 9.78 Å². The zero-order chi connectivity index (χ0) is 21.8. The van der Waals surface area contributed by atoms with Crippen molar-refractivity contribution in [2.45, 2.75) is 55.0 Å². The van der Waals surface area contributed by atoms with E-state index >= 15 is 0 Å². The van der Waals surface area contributed by atoms with E-state index in [-0.39, 0.29) is 13.2 Å². The van der Waals surface area contributed by atoms with E-state index in [1.54, 1.807) is 0 Å². The molecule has 1 fully saturated rings. The third-order valence-corrected chi connectivity index (χ3v) is 8.06. The summed E-state index contributed by atoms with van der Waals surface area (Å²) in [4.78, 5) is -1.24. The number of rotatable bonds is 4. The summed E-state index contributed by atoms with van der Waals surface area (Å²) < 4.78 is 7.95. The van der Waals surface area contributed by atoms with Crippen LogP contribution in [0.4, 0.5) is 0 Å². The van der Waals surface area contributed by atoms with Gasteiger partial charge in [-0.25, -0.2) is 0 Å². The molecule has 8 heteroatoms. The molecule has 1 aromatic heterocycles. The van der Waals surface area contributed by atoms with Crippen molar-refractivity contribution in [2.75, 3.05) is 6.61 Å². The first kappa shape index (κ1) is 20.9. The first-order valence-electron chi connectivity index (χ1n) is 10.5. The van der Waals surface area contributed by atoms with Gasteiger partial charge in [0.15, 0.2) is 4.93 Å². The van der Waals surface area contributed by atoms with Crippen molar-refractivity contribution in [1.29, 1.82) is 0 Å². The summed E-state index contributed by atoms with van der Waals surface area (Å²) in [5.74, 6) is 0. The molecule has 2 aromatic carbocycles. The highest BCUT2D eigenvalue weighted by Gasteiger charge is 2.57. The Morgan fingerprint density at radius 3 is 2.58 bits per heavy atom. The minimum absolute atomic E-state index is 0.278. The van der Waals surface area contributed by atoms with Crippen molar-refractivity contribution >= 4 is 22.7 Å². The van der Waals surface area contributed by atoms with E-state index in [9.17, 15) is 20.4 Å². The quantitative estimate of drug-likeness (QED) is 0.485. The molecule has 1 spiro atoms. The SMILES string of the molecule is CCc1ccc(Cn2ncc3cc4c(cc32)C2(OC4)S[C@H](CO)[C@@H](O)[C@H](O)[C@H]2O)cc1. The van der Waals surface area contributed by atoms with Gasteiger partial charge >= 0.3 is 0 Å². The molecule has 3 aromatic rings. The highest BCUT2D eigenvalue weighted by molar-refractivity contribution is 8.00. The zero-order valence-corrected chi connectivity index (χ0v) is 18.0. The Balaban J connectivity index is 1.55. The van der Waals surface area contributed by atoms with Gasteiger partial charge in [-0.2, -0.15) is 5.10 Å². The minimum atomic E-state index is -1.41. The van der Waals surface area contributed by atoms with Gasteiger partial charge in [-0.3, -0.25) is 4.68 Å². The standard InChI is InChI=1S/C23H26N2O5S/c1-2-13-3-5-14(6-4-13)10-25-18-8-17-16(7-15(18)9-24-25)12-30-23(17)22(29)21(28)20(27)19(11-26)31-23/h3-9,19-22,26-29H,2,10-12H2,1H3/t19-,20-,21+,22-,23?/m1/s1. The van der Waals surface area contributed by atoms with Crippen LogP contribution in [0, 0.1) is 0 Å². The Morgan fingerprint density at radius 1 is 1.13 bits per heavy atom. The van der Waals surface area contributed by atoms with E-state index in [0.29, 0.717) is 6.54 Å². The topological polar surface area (TPSA) is 108 Å². The molecular formula is C23H26N2O5S. The minimum Gasteiger partial charge on any atom is -0.395 e. The fraction of sp³-hybridized carbons (Fsp3) is 0.435. The number of fused-ring (bicyclic) bond motifs is 3. The number of benzene rings is 2. The summed E-state index contributed by atoms with van der Waals surface area (Å²) in [5.41, 5.74) is 4.99. The molecule has 1 unspecified atom stereocenters. The van der Waals surface area contributed by atoms with E-state index in [4.69, 9.17) is 4.74 Å². The summed E-state index contributed by atoms with van der Waals surface area (Å²) in [6.45, 7) is 2.68. The Hall–Kier alpha value is -1.94. The summed E-state index contributed by atoms with van der Waals surface area (Å²) in [7, 11) is 0. The smallest absolute Gasteiger partial charge is 0.169 e. The second-order valence-corrected chi connectivity index (χ2v) is 9.71. The molecule has 0 amide bonds. The third-order valence-electron chi connectivity index (χ3n) is 6.40. The lowest BCUT2D eigenvalue weighted by Crippen LogP contribution is -2.58. The van der Waals surface area contributed by atoms with Crippen LogP contribution in [0.2, 0.25) is 0 Å². The monoisotopic (exact) mass is 442 g/mol. The molecule has 164 valence electrons. The molecular weight excluding hydrogens is 416 g/mol. The van der Waals surface area contributed by atoms with Gasteiger partial charge in [0.1, 0.15) is 12.2 Å². The number of thioether (sulfide) groups is 1. The molecule has 31 heavy (non-hydrogen) atoms. The molecule has 0 aliphatic carbocycles. The molecule has 5 rings (SSSR count). The molecule has 5 atom stereocenters. The molecule has 0 saturated carbocycles. The number of ether oxygens (including phenoxy) is 1. The number of aliphatic hydroxyl groups excluding tert-OH is 4. The molecule has 3 heterocycles. The highest BCUT2D eigenvalue weighted by atomic mass is 32.2. The highest BCUT2D eigenvalue weighted by Crippen LogP contribution is 2.54. The average molecular weight is 443 g/mol. The maximum absolute atomic E-state index is 10.9. The number of hydrogen-bond acceptors (Lipinski definition) is 7. The summed E-state index contributed by atoms with van der Waals surface area (Å²) in [5, 5.41) is 46.1. The predicted molar refractivity (Wildman–Crippen MR) is 118 cm³/mol. The summed E-state index contributed by atoms with van der Waals surface area (Å²) in [6.07, 6.45) is -1.16. The van der Waals surface area contributed by atoms with Gasteiger partial charge in [-0.05, 0) is 35.2 Å². The van der Waals surface area contributed by atoms with Gasteiger partial charge in [0.2, 0.25) is 0 Å². The molecule has 7 nitrogen and oxygen atoms in total. The fourth-order valence-electron chi connectivity index (χ4n) is 4.54. The van der Waals surface area contributed by atoms with Crippen molar-refractivity contribution in [2.24, 2.45) is 0 Å². The second kappa shape index (κ2) is 7.88. The number of hydrogen-bond donors (Lipinski definition) is 4. The van der Waals surface area contributed by atoms with Gasteiger partial charge in [0, 0.05) is 10.9 Å². The van der Waals surface area contributed by atoms with E-state index in [2.05, 4.69) is 36.3 Å². The van der Waals surface area contributed by atoms with Crippen LogP contribution in [0.15, 0.2) is 42.6 Å². The van der Waals surface area contributed by atoms with Crippen molar-refractivity contribution < 1.29 is 25.2 Å². The molecule has 4 N–H and O–H groups in total.